The second kappa shape index (κ2) is 7.89. The number of anilines is 1. The van der Waals surface area contributed by atoms with Crippen LogP contribution in [0.2, 0.25) is 5.02 Å². The molecule has 2 aromatic rings. The first kappa shape index (κ1) is 19.7. The predicted octanol–water partition coefficient (Wildman–Crippen LogP) is 2.89. The van der Waals surface area contributed by atoms with Crippen LogP contribution in [0.25, 0.3) is 0 Å². The maximum absolute atomic E-state index is 13.3. The van der Waals surface area contributed by atoms with E-state index in [0.717, 1.165) is 18.2 Å². The van der Waals surface area contributed by atoms with Crippen LogP contribution < -0.4 is 5.32 Å². The van der Waals surface area contributed by atoms with Gasteiger partial charge in [-0.2, -0.15) is 4.31 Å². The van der Waals surface area contributed by atoms with Crippen LogP contribution >= 0.6 is 11.6 Å². The molecular weight excluding hydrogens is 402 g/mol. The van der Waals surface area contributed by atoms with E-state index in [1.807, 2.05) is 0 Å². The Morgan fingerprint density at radius 1 is 1.07 bits per heavy atom. The highest BCUT2D eigenvalue weighted by atomic mass is 35.5. The summed E-state index contributed by atoms with van der Waals surface area (Å²) in [6.45, 7) is 1.04. The van der Waals surface area contributed by atoms with Crippen LogP contribution in [0.3, 0.4) is 0 Å². The Morgan fingerprint density at radius 3 is 2.44 bits per heavy atom. The number of sulfonamides is 1. The van der Waals surface area contributed by atoms with E-state index in [2.05, 4.69) is 5.32 Å². The van der Waals surface area contributed by atoms with E-state index in [1.165, 1.54) is 22.5 Å². The Kier molecular flexibility index (Phi) is 5.75. The Morgan fingerprint density at radius 2 is 1.78 bits per heavy atom. The van der Waals surface area contributed by atoms with Gasteiger partial charge in [0, 0.05) is 18.7 Å². The number of carbonyl (C=O) groups excluding carboxylic acids is 1. The van der Waals surface area contributed by atoms with E-state index in [4.69, 9.17) is 16.3 Å². The molecule has 2 aromatic carbocycles. The van der Waals surface area contributed by atoms with Crippen molar-refractivity contribution in [2.24, 2.45) is 0 Å². The molecule has 0 spiro atoms. The molecule has 0 aliphatic carbocycles. The van der Waals surface area contributed by atoms with Crippen LogP contribution in [0.15, 0.2) is 41.3 Å². The summed E-state index contributed by atoms with van der Waals surface area (Å²) in [5.74, 6) is -3.00. The minimum atomic E-state index is -3.78. The minimum Gasteiger partial charge on any atom is -0.379 e. The summed E-state index contributed by atoms with van der Waals surface area (Å²) in [6, 6.07) is 6.58. The molecular formula is C17H15ClF2N2O4S. The maximum Gasteiger partial charge on any atom is 0.255 e. The van der Waals surface area contributed by atoms with Gasteiger partial charge >= 0.3 is 0 Å². The van der Waals surface area contributed by atoms with Gasteiger partial charge in [0.2, 0.25) is 10.0 Å². The van der Waals surface area contributed by atoms with Crippen molar-refractivity contribution in [2.45, 2.75) is 4.90 Å². The largest absolute Gasteiger partial charge is 0.379 e. The number of ether oxygens (including phenoxy) is 1. The molecule has 1 saturated heterocycles. The fraction of sp³-hybridized carbons (Fsp3) is 0.235. The molecule has 0 unspecified atom stereocenters. The minimum absolute atomic E-state index is 0.0423. The molecule has 144 valence electrons. The van der Waals surface area contributed by atoms with Crippen molar-refractivity contribution in [3.63, 3.8) is 0 Å². The number of benzene rings is 2. The monoisotopic (exact) mass is 416 g/mol. The number of rotatable bonds is 4. The Bertz CT molecular complexity index is 979. The zero-order valence-electron chi connectivity index (χ0n) is 13.9. The molecule has 1 aliphatic heterocycles. The highest BCUT2D eigenvalue weighted by Gasteiger charge is 2.27. The molecule has 1 amide bonds. The number of hydrogen-bond acceptors (Lipinski definition) is 4. The standard InChI is InChI=1S/C17H15ClF2N2O4S/c18-13-3-2-12(27(24,25)22-5-7-26-8-6-22)10-16(13)21-17(23)11-1-4-14(19)15(20)9-11/h1-4,9-10H,5-8H2,(H,21,23). The normalized spacial score (nSPS) is 15.5. The highest BCUT2D eigenvalue weighted by Crippen LogP contribution is 2.28. The molecule has 27 heavy (non-hydrogen) atoms. The van der Waals surface area contributed by atoms with Gasteiger partial charge < -0.3 is 10.1 Å². The molecule has 0 atom stereocenters. The number of nitrogens with one attached hydrogen (secondary N) is 1. The predicted molar refractivity (Wildman–Crippen MR) is 95.3 cm³/mol. The lowest BCUT2D eigenvalue weighted by molar-refractivity contribution is 0.0730. The van der Waals surface area contributed by atoms with Crippen LogP contribution in [-0.4, -0.2) is 44.9 Å². The fourth-order valence-electron chi connectivity index (χ4n) is 2.53. The fourth-order valence-corrected chi connectivity index (χ4v) is 4.13. The molecule has 10 heteroatoms. The van der Waals surface area contributed by atoms with Gasteiger partial charge in [0.05, 0.1) is 28.8 Å². The maximum atomic E-state index is 13.3. The van der Waals surface area contributed by atoms with E-state index < -0.39 is 27.6 Å². The van der Waals surface area contributed by atoms with E-state index in [1.54, 1.807) is 0 Å². The van der Waals surface area contributed by atoms with Gasteiger partial charge in [-0.05, 0) is 36.4 Å². The molecule has 1 aliphatic rings. The lowest BCUT2D eigenvalue weighted by Gasteiger charge is -2.26. The van der Waals surface area contributed by atoms with Crippen LogP contribution in [0, 0.1) is 11.6 Å². The van der Waals surface area contributed by atoms with Gasteiger partial charge in [0.15, 0.2) is 11.6 Å². The van der Waals surface area contributed by atoms with Gasteiger partial charge in [0.1, 0.15) is 0 Å². The average Bonchev–Trinajstić information content (AvgIpc) is 2.66. The molecule has 3 rings (SSSR count). The SMILES string of the molecule is O=C(Nc1cc(S(=O)(=O)N2CCOCC2)ccc1Cl)c1ccc(F)c(F)c1. The Hall–Kier alpha value is -2.07. The van der Waals surface area contributed by atoms with Gasteiger partial charge in [-0.15, -0.1) is 0 Å². The second-order valence-electron chi connectivity index (χ2n) is 5.74. The number of amides is 1. The van der Waals surface area contributed by atoms with Crippen LogP contribution in [0.1, 0.15) is 10.4 Å². The van der Waals surface area contributed by atoms with Crippen LogP contribution in [-0.2, 0) is 14.8 Å². The second-order valence-corrected chi connectivity index (χ2v) is 8.09. The summed E-state index contributed by atoms with van der Waals surface area (Å²) in [5, 5.41) is 2.52. The van der Waals surface area contributed by atoms with Crippen molar-refractivity contribution in [2.75, 3.05) is 31.6 Å². The molecule has 0 aromatic heterocycles. The smallest absolute Gasteiger partial charge is 0.255 e. The molecule has 1 heterocycles. The zero-order chi connectivity index (χ0) is 19.6. The third-order valence-corrected chi connectivity index (χ3v) is 6.20. The topological polar surface area (TPSA) is 75.7 Å². The lowest BCUT2D eigenvalue weighted by Crippen LogP contribution is -2.40. The quantitative estimate of drug-likeness (QED) is 0.831. The summed E-state index contributed by atoms with van der Waals surface area (Å²) in [4.78, 5) is 12.2. The van der Waals surface area contributed by atoms with Crippen molar-refractivity contribution in [3.8, 4) is 0 Å². The zero-order valence-corrected chi connectivity index (χ0v) is 15.5. The summed E-state index contributed by atoms with van der Waals surface area (Å²) in [6.07, 6.45) is 0. The summed E-state index contributed by atoms with van der Waals surface area (Å²) >= 11 is 6.04. The number of hydrogen-bond donors (Lipinski definition) is 1. The Balaban J connectivity index is 1.87. The van der Waals surface area contributed by atoms with Crippen LogP contribution in [0.5, 0.6) is 0 Å². The summed E-state index contributed by atoms with van der Waals surface area (Å²) in [5.41, 5.74) is -0.0906. The van der Waals surface area contributed by atoms with E-state index in [9.17, 15) is 22.0 Å². The van der Waals surface area contributed by atoms with Crippen molar-refractivity contribution >= 4 is 33.2 Å². The van der Waals surface area contributed by atoms with Crippen molar-refractivity contribution < 1.29 is 26.7 Å². The first-order valence-corrected chi connectivity index (χ1v) is 9.75. The lowest BCUT2D eigenvalue weighted by atomic mass is 10.2. The van der Waals surface area contributed by atoms with Crippen LogP contribution in [0.4, 0.5) is 14.5 Å². The van der Waals surface area contributed by atoms with Gasteiger partial charge in [-0.1, -0.05) is 11.6 Å². The molecule has 0 saturated carbocycles. The number of carbonyl (C=O) groups is 1. The van der Waals surface area contributed by atoms with E-state index >= 15 is 0 Å². The number of halogens is 3. The molecule has 0 radical (unpaired) electrons. The summed E-state index contributed by atoms with van der Waals surface area (Å²) in [7, 11) is -3.78. The molecule has 1 fully saturated rings. The van der Waals surface area contributed by atoms with Gasteiger partial charge in [0.25, 0.3) is 5.91 Å². The third kappa shape index (κ3) is 4.27. The van der Waals surface area contributed by atoms with Gasteiger partial charge in [-0.25, -0.2) is 17.2 Å². The number of morpholine rings is 1. The van der Waals surface area contributed by atoms with E-state index in [-0.39, 0.29) is 34.3 Å². The summed E-state index contributed by atoms with van der Waals surface area (Å²) < 4.78 is 58.2. The van der Waals surface area contributed by atoms with E-state index in [0.29, 0.717) is 13.2 Å². The number of nitrogens with zero attached hydrogens (tertiary/aromatic N) is 1. The average molecular weight is 417 g/mol. The van der Waals surface area contributed by atoms with Gasteiger partial charge in [-0.3, -0.25) is 4.79 Å². The highest BCUT2D eigenvalue weighted by molar-refractivity contribution is 7.89. The Labute approximate surface area is 159 Å². The van der Waals surface area contributed by atoms with Crippen molar-refractivity contribution in [1.29, 1.82) is 0 Å². The van der Waals surface area contributed by atoms with Crippen molar-refractivity contribution in [1.82, 2.24) is 4.31 Å². The third-order valence-electron chi connectivity index (χ3n) is 3.98. The molecule has 1 N–H and O–H groups in total. The first-order valence-electron chi connectivity index (χ1n) is 7.93. The van der Waals surface area contributed by atoms with Crippen molar-refractivity contribution in [3.05, 3.63) is 58.6 Å². The molecule has 6 nitrogen and oxygen atoms in total. The first-order chi connectivity index (χ1) is 12.8. The molecule has 0 bridgehead atoms.